The average Bonchev–Trinajstić information content (AvgIpc) is 1.93. The molecule has 0 N–H and O–H groups in total. The molecule has 0 atom stereocenters. The molecular weight excluding hydrogens is 143 g/mol. The van der Waals surface area contributed by atoms with Gasteiger partial charge in [-0.1, -0.05) is 51.8 Å². The van der Waals surface area contributed by atoms with Gasteiger partial charge in [-0.25, -0.2) is 0 Å². The molecule has 0 saturated heterocycles. The van der Waals surface area contributed by atoms with Gasteiger partial charge in [-0.15, -0.1) is 0 Å². The summed E-state index contributed by atoms with van der Waals surface area (Å²) in [5, 5.41) is 0.146. The zero-order chi connectivity index (χ0) is 9.19. The molecule has 0 nitrogen and oxygen atoms in total. The second-order valence-electron chi connectivity index (χ2n) is 5.23. The summed E-state index contributed by atoms with van der Waals surface area (Å²) in [4.78, 5) is 0. The zero-order valence-corrected chi connectivity index (χ0v) is 8.77. The number of rotatable bonds is 2. The van der Waals surface area contributed by atoms with Crippen LogP contribution in [-0.2, 0) is 0 Å². The molecule has 1 rings (SSSR count). The van der Waals surface area contributed by atoms with Crippen molar-refractivity contribution in [2.24, 2.45) is 11.8 Å². The lowest BCUT2D eigenvalue weighted by molar-refractivity contribution is 0.266. The largest absolute Gasteiger partial charge is 0.0742 e. The van der Waals surface area contributed by atoms with Crippen LogP contribution in [0.25, 0.3) is 0 Å². The summed E-state index contributed by atoms with van der Waals surface area (Å²) >= 11 is 0. The van der Waals surface area contributed by atoms with E-state index >= 15 is 0 Å². The van der Waals surface area contributed by atoms with E-state index in [0.717, 1.165) is 11.8 Å². The topological polar surface area (TPSA) is 0 Å². The van der Waals surface area contributed by atoms with E-state index in [1.807, 2.05) is 0 Å². The Morgan fingerprint density at radius 1 is 1.33 bits per heavy atom. The van der Waals surface area contributed by atoms with Gasteiger partial charge in [-0.05, 0) is 18.3 Å². The van der Waals surface area contributed by atoms with Crippen LogP contribution in [0.3, 0.4) is 0 Å². The summed E-state index contributed by atoms with van der Waals surface area (Å²) in [6.45, 7) is 6.82. The smallest absolute Gasteiger partial charge is 0.0688 e. The number of hydrogen-bond donors (Lipinski definition) is 0. The minimum absolute atomic E-state index is 0.146. The first-order valence-corrected chi connectivity index (χ1v) is 5.28. The summed E-state index contributed by atoms with van der Waals surface area (Å²) in [6, 6.07) is 0. The Balaban J connectivity index is 2.27. The fourth-order valence-corrected chi connectivity index (χ4v) is 2.24. The van der Waals surface area contributed by atoms with Crippen LogP contribution in [0.4, 0.5) is 0 Å². The Labute approximate surface area is 78.5 Å². The molecule has 0 spiro atoms. The van der Waals surface area contributed by atoms with E-state index in [2.05, 4.69) is 20.8 Å². The maximum Gasteiger partial charge on any atom is 0.0742 e. The summed E-state index contributed by atoms with van der Waals surface area (Å²) in [5.41, 5.74) is 0. The van der Waals surface area contributed by atoms with Crippen molar-refractivity contribution in [3.05, 3.63) is 0 Å². The van der Waals surface area contributed by atoms with Crippen LogP contribution in [0.1, 0.15) is 52.9 Å². The lowest BCUT2D eigenvalue weighted by Gasteiger charge is -2.35. The minimum Gasteiger partial charge on any atom is -0.0688 e. The Morgan fingerprint density at radius 3 is 2.25 bits per heavy atom. The van der Waals surface area contributed by atoms with E-state index in [-0.39, 0.29) is 5.31 Å². The summed E-state index contributed by atoms with van der Waals surface area (Å²) in [5.74, 6) is 1.82. The second kappa shape index (κ2) is 3.85. The molecule has 2 radical (unpaired) electrons. The van der Waals surface area contributed by atoms with Crippen molar-refractivity contribution in [2.75, 3.05) is 0 Å². The predicted octanol–water partition coefficient (Wildman–Crippen LogP) is 3.57. The molecule has 0 aliphatic heterocycles. The molecule has 0 aromatic rings. The van der Waals surface area contributed by atoms with Crippen LogP contribution >= 0.6 is 0 Å². The van der Waals surface area contributed by atoms with Gasteiger partial charge in [0.05, 0.1) is 7.85 Å². The second-order valence-corrected chi connectivity index (χ2v) is 5.23. The van der Waals surface area contributed by atoms with Crippen molar-refractivity contribution in [3.63, 3.8) is 0 Å². The van der Waals surface area contributed by atoms with Crippen LogP contribution in [-0.4, -0.2) is 7.85 Å². The molecule has 0 bridgehead atoms. The lowest BCUT2D eigenvalue weighted by atomic mass is 9.59. The fraction of sp³-hybridized carbons (Fsp3) is 1.00. The summed E-state index contributed by atoms with van der Waals surface area (Å²) in [6.07, 6.45) is 6.56. The van der Waals surface area contributed by atoms with E-state index in [4.69, 9.17) is 7.85 Å². The molecule has 12 heavy (non-hydrogen) atoms. The van der Waals surface area contributed by atoms with Gasteiger partial charge in [-0.3, -0.25) is 0 Å². The molecule has 0 aromatic heterocycles. The van der Waals surface area contributed by atoms with Gasteiger partial charge < -0.3 is 0 Å². The molecule has 1 heteroatoms. The maximum absolute atomic E-state index is 6.07. The monoisotopic (exact) mass is 164 g/mol. The molecule has 1 fully saturated rings. The SMILES string of the molecule is [B]C1(C)CCC(CC(C)C)CC1. The van der Waals surface area contributed by atoms with Gasteiger partial charge in [0.25, 0.3) is 0 Å². The van der Waals surface area contributed by atoms with Crippen LogP contribution in [0.2, 0.25) is 5.31 Å². The molecule has 0 heterocycles. The minimum atomic E-state index is 0.146. The first kappa shape index (κ1) is 10.1. The first-order chi connectivity index (χ1) is 5.49. The molecule has 68 valence electrons. The van der Waals surface area contributed by atoms with E-state index in [9.17, 15) is 0 Å². The third-order valence-electron chi connectivity index (χ3n) is 3.05. The van der Waals surface area contributed by atoms with Crippen molar-refractivity contribution in [1.29, 1.82) is 0 Å². The van der Waals surface area contributed by atoms with Crippen LogP contribution in [0.15, 0.2) is 0 Å². The van der Waals surface area contributed by atoms with Gasteiger partial charge in [0.1, 0.15) is 0 Å². The normalized spacial score (nSPS) is 37.2. The highest BCUT2D eigenvalue weighted by Gasteiger charge is 2.26. The third kappa shape index (κ3) is 3.20. The summed E-state index contributed by atoms with van der Waals surface area (Å²) in [7, 11) is 6.07. The van der Waals surface area contributed by atoms with E-state index in [0.29, 0.717) is 0 Å². The van der Waals surface area contributed by atoms with Gasteiger partial charge in [-0.2, -0.15) is 0 Å². The van der Waals surface area contributed by atoms with Crippen molar-refractivity contribution in [2.45, 2.75) is 58.2 Å². The number of hydrogen-bond acceptors (Lipinski definition) is 0. The van der Waals surface area contributed by atoms with E-state index < -0.39 is 0 Å². The Hall–Kier alpha value is 0.0649. The molecule has 1 aliphatic rings. The van der Waals surface area contributed by atoms with Crippen molar-refractivity contribution < 1.29 is 0 Å². The van der Waals surface area contributed by atoms with Crippen LogP contribution in [0, 0.1) is 11.8 Å². The molecule has 1 aliphatic carbocycles. The highest BCUT2D eigenvalue weighted by atomic mass is 14.3. The van der Waals surface area contributed by atoms with Crippen molar-refractivity contribution in [1.82, 2.24) is 0 Å². The Kier molecular flexibility index (Phi) is 3.26. The molecule has 0 amide bonds. The van der Waals surface area contributed by atoms with Crippen molar-refractivity contribution >= 4 is 7.85 Å². The van der Waals surface area contributed by atoms with Gasteiger partial charge in [0.2, 0.25) is 0 Å². The Morgan fingerprint density at radius 2 is 1.83 bits per heavy atom. The van der Waals surface area contributed by atoms with E-state index in [1.165, 1.54) is 32.1 Å². The van der Waals surface area contributed by atoms with Gasteiger partial charge in [0, 0.05) is 0 Å². The standard InChI is InChI=1S/C11H21B/c1-9(2)8-10-4-6-11(3,12)7-5-10/h9-10H,4-8H2,1-3H3. The van der Waals surface area contributed by atoms with E-state index in [1.54, 1.807) is 0 Å². The fourth-order valence-electron chi connectivity index (χ4n) is 2.24. The average molecular weight is 164 g/mol. The van der Waals surface area contributed by atoms with Gasteiger partial charge in [0.15, 0.2) is 0 Å². The lowest BCUT2D eigenvalue weighted by Crippen LogP contribution is -2.19. The quantitative estimate of drug-likeness (QED) is 0.547. The Bertz CT molecular complexity index is 128. The third-order valence-corrected chi connectivity index (χ3v) is 3.05. The van der Waals surface area contributed by atoms with Crippen molar-refractivity contribution in [3.8, 4) is 0 Å². The summed E-state index contributed by atoms with van der Waals surface area (Å²) < 4.78 is 0. The molecule has 0 aromatic carbocycles. The zero-order valence-electron chi connectivity index (χ0n) is 8.77. The highest BCUT2D eigenvalue weighted by Crippen LogP contribution is 2.43. The maximum atomic E-state index is 6.07. The van der Waals surface area contributed by atoms with Crippen LogP contribution < -0.4 is 0 Å². The molecular formula is C11H21B. The van der Waals surface area contributed by atoms with Gasteiger partial charge >= 0.3 is 0 Å². The molecule has 1 saturated carbocycles. The van der Waals surface area contributed by atoms with Crippen LogP contribution in [0.5, 0.6) is 0 Å². The highest BCUT2D eigenvalue weighted by molar-refractivity contribution is 6.14. The molecule has 0 unspecified atom stereocenters. The predicted molar refractivity (Wildman–Crippen MR) is 55.5 cm³/mol. The first-order valence-electron chi connectivity index (χ1n) is 5.28.